The maximum Gasteiger partial charge on any atom is 0.160 e. The van der Waals surface area contributed by atoms with E-state index in [0.29, 0.717) is 5.82 Å². The molecule has 3 heteroatoms. The molecule has 2 nitrogen and oxygen atoms in total. The van der Waals surface area contributed by atoms with Crippen LogP contribution in [0.25, 0.3) is 11.4 Å². The first-order valence-corrected chi connectivity index (χ1v) is 5.69. The van der Waals surface area contributed by atoms with Crippen molar-refractivity contribution in [3.63, 3.8) is 0 Å². The van der Waals surface area contributed by atoms with E-state index in [0.717, 1.165) is 16.1 Å². The van der Waals surface area contributed by atoms with Crippen LogP contribution in [0.15, 0.2) is 36.7 Å². The minimum absolute atomic E-state index is 0.668. The summed E-state index contributed by atoms with van der Waals surface area (Å²) in [6.07, 6.45) is 3.42. The van der Waals surface area contributed by atoms with Gasteiger partial charge in [0.1, 0.15) is 0 Å². The number of aryl methyl sites for hydroxylation is 1. The van der Waals surface area contributed by atoms with Crippen LogP contribution in [-0.4, -0.2) is 9.97 Å². The molecule has 16 heavy (non-hydrogen) atoms. The molecule has 0 radical (unpaired) electrons. The summed E-state index contributed by atoms with van der Waals surface area (Å²) in [5.74, 6) is 0.668. The van der Waals surface area contributed by atoms with E-state index in [-0.39, 0.29) is 0 Å². The average molecular weight is 235 g/mol. The predicted octanol–water partition coefficient (Wildman–Crippen LogP) is 4.13. The Kier molecular flexibility index (Phi) is 4.93. The summed E-state index contributed by atoms with van der Waals surface area (Å²) < 4.78 is 0. The number of hydrogen-bond acceptors (Lipinski definition) is 2. The molecular formula is C13H15ClN2. The van der Waals surface area contributed by atoms with Gasteiger partial charge in [0.2, 0.25) is 0 Å². The molecule has 0 saturated heterocycles. The van der Waals surface area contributed by atoms with Gasteiger partial charge in [-0.2, -0.15) is 0 Å². The largest absolute Gasteiger partial charge is 0.237 e. The molecule has 0 N–H and O–H groups in total. The van der Waals surface area contributed by atoms with Crippen molar-refractivity contribution in [1.82, 2.24) is 9.97 Å². The van der Waals surface area contributed by atoms with Crippen LogP contribution in [0.4, 0.5) is 0 Å². The Hall–Kier alpha value is -1.41. The van der Waals surface area contributed by atoms with Crippen molar-refractivity contribution in [3.05, 3.63) is 47.2 Å². The Morgan fingerprint density at radius 2 is 1.62 bits per heavy atom. The van der Waals surface area contributed by atoms with Crippen LogP contribution < -0.4 is 0 Å². The van der Waals surface area contributed by atoms with Crippen LogP contribution in [0.3, 0.4) is 0 Å². The van der Waals surface area contributed by atoms with Crippen molar-refractivity contribution >= 4 is 11.6 Å². The molecule has 0 saturated carbocycles. The van der Waals surface area contributed by atoms with E-state index < -0.39 is 0 Å². The fourth-order valence-electron chi connectivity index (χ4n) is 1.26. The van der Waals surface area contributed by atoms with Crippen LogP contribution in [0.2, 0.25) is 5.02 Å². The maximum atomic E-state index is 6.15. The summed E-state index contributed by atoms with van der Waals surface area (Å²) in [4.78, 5) is 8.31. The molecule has 0 aliphatic rings. The van der Waals surface area contributed by atoms with Gasteiger partial charge in [0.25, 0.3) is 0 Å². The van der Waals surface area contributed by atoms with Gasteiger partial charge in [0.05, 0.1) is 5.02 Å². The third kappa shape index (κ3) is 2.80. The van der Waals surface area contributed by atoms with E-state index in [1.54, 1.807) is 18.5 Å². The van der Waals surface area contributed by atoms with Gasteiger partial charge in [-0.05, 0) is 24.6 Å². The van der Waals surface area contributed by atoms with Crippen LogP contribution in [-0.2, 0) is 0 Å². The van der Waals surface area contributed by atoms with E-state index >= 15 is 0 Å². The third-order valence-electron chi connectivity index (χ3n) is 2.00. The quantitative estimate of drug-likeness (QED) is 0.742. The van der Waals surface area contributed by atoms with Crippen molar-refractivity contribution < 1.29 is 0 Å². The van der Waals surface area contributed by atoms with Crippen molar-refractivity contribution in [3.8, 4) is 11.4 Å². The molecule has 0 aliphatic heterocycles. The highest BCUT2D eigenvalue weighted by atomic mass is 35.5. The minimum Gasteiger partial charge on any atom is -0.237 e. The number of nitrogens with zero attached hydrogens (tertiary/aromatic N) is 2. The fraction of sp³-hybridized carbons (Fsp3) is 0.231. The second kappa shape index (κ2) is 6.23. The standard InChI is InChI=1S/C11H9ClN2.C2H6/c1-8-4-2-5-9(10(8)12)11-13-6-3-7-14-11;1-2/h2-7H,1H3;1-2H3. The Morgan fingerprint density at radius 1 is 1.00 bits per heavy atom. The topological polar surface area (TPSA) is 25.8 Å². The van der Waals surface area contributed by atoms with Gasteiger partial charge in [-0.1, -0.05) is 37.6 Å². The highest BCUT2D eigenvalue weighted by molar-refractivity contribution is 6.33. The van der Waals surface area contributed by atoms with Gasteiger partial charge < -0.3 is 0 Å². The summed E-state index contributed by atoms with van der Waals surface area (Å²) in [6, 6.07) is 7.62. The summed E-state index contributed by atoms with van der Waals surface area (Å²) in [6.45, 7) is 5.97. The SMILES string of the molecule is CC.Cc1cccc(-c2ncccn2)c1Cl. The molecule has 0 spiro atoms. The summed E-state index contributed by atoms with van der Waals surface area (Å²) in [5.41, 5.74) is 1.92. The molecule has 2 rings (SSSR count). The van der Waals surface area contributed by atoms with Gasteiger partial charge in [0.15, 0.2) is 5.82 Å². The molecule has 0 aliphatic carbocycles. The zero-order valence-electron chi connectivity index (χ0n) is 9.74. The van der Waals surface area contributed by atoms with E-state index in [2.05, 4.69) is 9.97 Å². The van der Waals surface area contributed by atoms with Gasteiger partial charge in [-0.25, -0.2) is 9.97 Å². The van der Waals surface area contributed by atoms with E-state index in [9.17, 15) is 0 Å². The Labute approximate surface area is 101 Å². The van der Waals surface area contributed by atoms with Crippen molar-refractivity contribution in [2.24, 2.45) is 0 Å². The predicted molar refractivity (Wildman–Crippen MR) is 68.6 cm³/mol. The Balaban J connectivity index is 0.000000606. The normalized spacial score (nSPS) is 9.25. The first-order chi connectivity index (χ1) is 7.79. The zero-order chi connectivity index (χ0) is 12.0. The molecule has 2 aromatic rings. The minimum atomic E-state index is 0.668. The Bertz CT molecular complexity index is 441. The number of aromatic nitrogens is 2. The first kappa shape index (κ1) is 12.7. The molecule has 1 aromatic heterocycles. The lowest BCUT2D eigenvalue weighted by Crippen LogP contribution is -1.88. The van der Waals surface area contributed by atoms with E-state index in [1.807, 2.05) is 39.0 Å². The highest BCUT2D eigenvalue weighted by Crippen LogP contribution is 2.27. The number of hydrogen-bond donors (Lipinski definition) is 0. The highest BCUT2D eigenvalue weighted by Gasteiger charge is 2.06. The molecule has 0 unspecified atom stereocenters. The summed E-state index contributed by atoms with van der Waals surface area (Å²) in [7, 11) is 0. The van der Waals surface area contributed by atoms with Crippen molar-refractivity contribution in [1.29, 1.82) is 0 Å². The number of rotatable bonds is 1. The Morgan fingerprint density at radius 3 is 2.25 bits per heavy atom. The van der Waals surface area contributed by atoms with Crippen LogP contribution in [0, 0.1) is 6.92 Å². The van der Waals surface area contributed by atoms with E-state index in [4.69, 9.17) is 11.6 Å². The monoisotopic (exact) mass is 234 g/mol. The van der Waals surface area contributed by atoms with Crippen molar-refractivity contribution in [2.45, 2.75) is 20.8 Å². The molecule has 0 amide bonds. The smallest absolute Gasteiger partial charge is 0.160 e. The lowest BCUT2D eigenvalue weighted by molar-refractivity contribution is 1.17. The third-order valence-corrected chi connectivity index (χ3v) is 2.50. The second-order valence-electron chi connectivity index (χ2n) is 3.01. The fourth-order valence-corrected chi connectivity index (χ4v) is 1.47. The molecule has 0 atom stereocenters. The zero-order valence-corrected chi connectivity index (χ0v) is 10.5. The summed E-state index contributed by atoms with van der Waals surface area (Å²) >= 11 is 6.15. The van der Waals surface area contributed by atoms with Gasteiger partial charge in [-0.3, -0.25) is 0 Å². The molecule has 84 valence electrons. The van der Waals surface area contributed by atoms with E-state index in [1.165, 1.54) is 0 Å². The molecule has 1 aromatic carbocycles. The first-order valence-electron chi connectivity index (χ1n) is 5.31. The van der Waals surface area contributed by atoms with Gasteiger partial charge in [0, 0.05) is 18.0 Å². The number of benzene rings is 1. The van der Waals surface area contributed by atoms with Gasteiger partial charge >= 0.3 is 0 Å². The lowest BCUT2D eigenvalue weighted by Gasteiger charge is -2.04. The van der Waals surface area contributed by atoms with Crippen LogP contribution in [0.5, 0.6) is 0 Å². The average Bonchev–Trinajstić information content (AvgIpc) is 2.36. The van der Waals surface area contributed by atoms with Gasteiger partial charge in [-0.15, -0.1) is 0 Å². The molecule has 1 heterocycles. The molecular weight excluding hydrogens is 220 g/mol. The van der Waals surface area contributed by atoms with Crippen molar-refractivity contribution in [2.75, 3.05) is 0 Å². The molecule has 0 bridgehead atoms. The second-order valence-corrected chi connectivity index (χ2v) is 3.39. The molecule has 0 fully saturated rings. The van der Waals surface area contributed by atoms with Crippen LogP contribution >= 0.6 is 11.6 Å². The lowest BCUT2D eigenvalue weighted by atomic mass is 10.1. The van der Waals surface area contributed by atoms with Crippen LogP contribution in [0.1, 0.15) is 19.4 Å². The maximum absolute atomic E-state index is 6.15. The summed E-state index contributed by atoms with van der Waals surface area (Å²) in [5, 5.41) is 0.721. The number of halogens is 1.